The zero-order valence-electron chi connectivity index (χ0n) is 17.7. The lowest BCUT2D eigenvalue weighted by atomic mass is 10.1. The second-order valence-electron chi connectivity index (χ2n) is 7.22. The fourth-order valence-electron chi connectivity index (χ4n) is 3.24. The van der Waals surface area contributed by atoms with Gasteiger partial charge in [-0.15, -0.1) is 0 Å². The Balaban J connectivity index is 1.22. The van der Waals surface area contributed by atoms with Crippen LogP contribution >= 0.6 is 0 Å². The van der Waals surface area contributed by atoms with Gasteiger partial charge in [-0.25, -0.2) is 0 Å². The van der Waals surface area contributed by atoms with Crippen molar-refractivity contribution in [1.29, 1.82) is 0 Å². The molecule has 4 aromatic carbocycles. The Labute approximate surface area is 188 Å². The van der Waals surface area contributed by atoms with Gasteiger partial charge in [0.2, 0.25) is 0 Å². The standard InChI is InChI=1S/C29H24O3/c30-29(26-9-5-2-6-10-26)20-13-23-11-16-27(17-12-23)31-21-22-32-28-18-14-25(15-19-28)24-7-3-1-4-8-24/h1-20H,21-22H2/b20-13+. The van der Waals surface area contributed by atoms with Crippen LogP contribution in [0.15, 0.2) is 115 Å². The molecule has 4 aromatic rings. The highest BCUT2D eigenvalue weighted by Gasteiger charge is 2.01. The van der Waals surface area contributed by atoms with Crippen LogP contribution in [0.5, 0.6) is 11.5 Å². The number of carbonyl (C=O) groups is 1. The summed E-state index contributed by atoms with van der Waals surface area (Å²) >= 11 is 0. The number of hydrogen-bond acceptors (Lipinski definition) is 3. The Hall–Kier alpha value is -4.11. The van der Waals surface area contributed by atoms with Gasteiger partial charge < -0.3 is 9.47 Å². The molecule has 0 amide bonds. The first-order valence-electron chi connectivity index (χ1n) is 10.6. The van der Waals surface area contributed by atoms with Crippen molar-refractivity contribution in [2.75, 3.05) is 13.2 Å². The summed E-state index contributed by atoms with van der Waals surface area (Å²) in [6.45, 7) is 0.903. The monoisotopic (exact) mass is 420 g/mol. The lowest BCUT2D eigenvalue weighted by Crippen LogP contribution is -2.08. The van der Waals surface area contributed by atoms with Gasteiger partial charge in [0.1, 0.15) is 24.7 Å². The van der Waals surface area contributed by atoms with Crippen molar-refractivity contribution < 1.29 is 14.3 Å². The van der Waals surface area contributed by atoms with E-state index in [2.05, 4.69) is 24.3 Å². The summed E-state index contributed by atoms with van der Waals surface area (Å²) in [7, 11) is 0. The average molecular weight is 421 g/mol. The van der Waals surface area contributed by atoms with E-state index in [0.717, 1.165) is 22.6 Å². The highest BCUT2D eigenvalue weighted by molar-refractivity contribution is 6.06. The molecule has 0 heterocycles. The van der Waals surface area contributed by atoms with Crippen LogP contribution in [0, 0.1) is 0 Å². The molecule has 3 nitrogen and oxygen atoms in total. The molecule has 0 fully saturated rings. The summed E-state index contributed by atoms with van der Waals surface area (Å²) in [5.41, 5.74) is 3.97. The first-order valence-corrected chi connectivity index (χ1v) is 10.6. The van der Waals surface area contributed by atoms with Gasteiger partial charge in [0.15, 0.2) is 5.78 Å². The third-order valence-electron chi connectivity index (χ3n) is 4.95. The molecule has 0 aliphatic rings. The lowest BCUT2D eigenvalue weighted by molar-refractivity contribution is 0.104. The molecule has 0 aromatic heterocycles. The molecule has 0 atom stereocenters. The van der Waals surface area contributed by atoms with Crippen LogP contribution in [-0.4, -0.2) is 19.0 Å². The largest absolute Gasteiger partial charge is 0.490 e. The van der Waals surface area contributed by atoms with Crippen LogP contribution < -0.4 is 9.47 Å². The predicted octanol–water partition coefficient (Wildman–Crippen LogP) is 6.71. The first-order chi connectivity index (χ1) is 15.8. The molecule has 0 saturated carbocycles. The summed E-state index contributed by atoms with van der Waals surface area (Å²) in [6, 6.07) is 35.2. The Morgan fingerprint density at radius 1 is 0.594 bits per heavy atom. The molecule has 0 aliphatic carbocycles. The molecule has 0 unspecified atom stereocenters. The molecule has 158 valence electrons. The van der Waals surface area contributed by atoms with Gasteiger partial charge in [-0.05, 0) is 47.0 Å². The highest BCUT2D eigenvalue weighted by atomic mass is 16.5. The van der Waals surface area contributed by atoms with Gasteiger partial charge >= 0.3 is 0 Å². The van der Waals surface area contributed by atoms with Crippen LogP contribution in [0.25, 0.3) is 17.2 Å². The van der Waals surface area contributed by atoms with Crippen molar-refractivity contribution in [2.24, 2.45) is 0 Å². The van der Waals surface area contributed by atoms with Gasteiger partial charge in [-0.3, -0.25) is 4.79 Å². The summed E-state index contributed by atoms with van der Waals surface area (Å²) in [6.07, 6.45) is 3.39. The van der Waals surface area contributed by atoms with Crippen LogP contribution in [0.2, 0.25) is 0 Å². The lowest BCUT2D eigenvalue weighted by Gasteiger charge is -2.09. The predicted molar refractivity (Wildman–Crippen MR) is 129 cm³/mol. The minimum Gasteiger partial charge on any atom is -0.490 e. The van der Waals surface area contributed by atoms with Crippen molar-refractivity contribution in [3.63, 3.8) is 0 Å². The van der Waals surface area contributed by atoms with Crippen LogP contribution in [-0.2, 0) is 0 Å². The van der Waals surface area contributed by atoms with Crippen LogP contribution in [0.1, 0.15) is 15.9 Å². The number of carbonyl (C=O) groups excluding carboxylic acids is 1. The van der Waals surface area contributed by atoms with Crippen molar-refractivity contribution in [1.82, 2.24) is 0 Å². The first kappa shape index (κ1) is 21.1. The molecule has 0 spiro atoms. The van der Waals surface area contributed by atoms with Crippen molar-refractivity contribution in [2.45, 2.75) is 0 Å². The second kappa shape index (κ2) is 10.8. The third kappa shape index (κ3) is 5.96. The number of ether oxygens (including phenoxy) is 2. The molecule has 0 radical (unpaired) electrons. The van der Waals surface area contributed by atoms with Crippen LogP contribution in [0.4, 0.5) is 0 Å². The highest BCUT2D eigenvalue weighted by Crippen LogP contribution is 2.22. The molecule has 0 N–H and O–H groups in total. The van der Waals surface area contributed by atoms with Gasteiger partial charge in [0, 0.05) is 5.56 Å². The van der Waals surface area contributed by atoms with E-state index in [1.807, 2.05) is 84.9 Å². The summed E-state index contributed by atoms with van der Waals surface area (Å²) < 4.78 is 11.5. The van der Waals surface area contributed by atoms with E-state index in [4.69, 9.17) is 9.47 Å². The molecule has 32 heavy (non-hydrogen) atoms. The molecule has 0 saturated heterocycles. The number of allylic oxidation sites excluding steroid dienone is 1. The molecular weight excluding hydrogens is 396 g/mol. The van der Waals surface area contributed by atoms with E-state index in [0.29, 0.717) is 18.8 Å². The van der Waals surface area contributed by atoms with Crippen molar-refractivity contribution in [3.8, 4) is 22.6 Å². The summed E-state index contributed by atoms with van der Waals surface area (Å²) in [4.78, 5) is 12.1. The normalized spacial score (nSPS) is 10.8. The number of benzene rings is 4. The Bertz CT molecular complexity index is 1150. The minimum absolute atomic E-state index is 0.0140. The summed E-state index contributed by atoms with van der Waals surface area (Å²) in [5, 5.41) is 0. The van der Waals surface area contributed by atoms with Gasteiger partial charge in [-0.1, -0.05) is 91.0 Å². The minimum atomic E-state index is -0.0140. The average Bonchev–Trinajstić information content (AvgIpc) is 2.87. The van der Waals surface area contributed by atoms with E-state index < -0.39 is 0 Å². The zero-order chi connectivity index (χ0) is 22.0. The summed E-state index contributed by atoms with van der Waals surface area (Å²) in [5.74, 6) is 1.57. The molecule has 4 rings (SSSR count). The zero-order valence-corrected chi connectivity index (χ0v) is 17.7. The quantitative estimate of drug-likeness (QED) is 0.172. The Morgan fingerprint density at radius 3 is 1.69 bits per heavy atom. The van der Waals surface area contributed by atoms with E-state index in [1.54, 1.807) is 12.2 Å². The molecule has 3 heteroatoms. The second-order valence-corrected chi connectivity index (χ2v) is 7.22. The molecule has 0 aliphatic heterocycles. The number of ketones is 1. The topological polar surface area (TPSA) is 35.5 Å². The Morgan fingerprint density at radius 2 is 1.09 bits per heavy atom. The van der Waals surface area contributed by atoms with E-state index in [-0.39, 0.29) is 5.78 Å². The van der Waals surface area contributed by atoms with Crippen LogP contribution in [0.3, 0.4) is 0 Å². The van der Waals surface area contributed by atoms with E-state index >= 15 is 0 Å². The van der Waals surface area contributed by atoms with Gasteiger partial charge in [-0.2, -0.15) is 0 Å². The smallest absolute Gasteiger partial charge is 0.185 e. The fraction of sp³-hybridized carbons (Fsp3) is 0.0690. The maximum Gasteiger partial charge on any atom is 0.185 e. The van der Waals surface area contributed by atoms with Crippen molar-refractivity contribution >= 4 is 11.9 Å². The number of rotatable bonds is 9. The maximum atomic E-state index is 12.1. The van der Waals surface area contributed by atoms with Crippen molar-refractivity contribution in [3.05, 3.63) is 126 Å². The van der Waals surface area contributed by atoms with E-state index in [9.17, 15) is 4.79 Å². The van der Waals surface area contributed by atoms with E-state index in [1.165, 1.54) is 5.56 Å². The number of hydrogen-bond donors (Lipinski definition) is 0. The third-order valence-corrected chi connectivity index (χ3v) is 4.95. The SMILES string of the molecule is O=C(/C=C/c1ccc(OCCOc2ccc(-c3ccccc3)cc2)cc1)c1ccccc1. The van der Waals surface area contributed by atoms with Gasteiger partial charge in [0.05, 0.1) is 0 Å². The molecular formula is C29H24O3. The maximum absolute atomic E-state index is 12.1. The van der Waals surface area contributed by atoms with Gasteiger partial charge in [0.25, 0.3) is 0 Å². The molecule has 0 bridgehead atoms. The fourth-order valence-corrected chi connectivity index (χ4v) is 3.24. The Kier molecular flexibility index (Phi) is 7.12.